The van der Waals surface area contributed by atoms with Gasteiger partial charge in [0.15, 0.2) is 0 Å². The monoisotopic (exact) mass is 2050 g/mol. The maximum Gasteiger partial charge on any atom is 0.302 e. The third kappa shape index (κ3) is 126. The number of aliphatic hydroxyl groups excluding tert-OH is 12. The molecule has 0 radical (unpaired) electrons. The molecule has 0 saturated heterocycles. The van der Waals surface area contributed by atoms with Gasteiger partial charge in [-0.1, -0.05) is 334 Å². The summed E-state index contributed by atoms with van der Waals surface area (Å²) in [5.74, 6) is 14.8. The van der Waals surface area contributed by atoms with Gasteiger partial charge >= 0.3 is 5.97 Å². The van der Waals surface area contributed by atoms with E-state index in [9.17, 15) is 28.0 Å². The molecule has 0 spiro atoms. The van der Waals surface area contributed by atoms with E-state index in [0.29, 0.717) is 169 Å². The van der Waals surface area contributed by atoms with Crippen LogP contribution in [-0.2, 0) is 34.5 Å². The molecule has 0 aromatic heterocycles. The summed E-state index contributed by atoms with van der Waals surface area (Å²) in [6, 6.07) is 10.2. The summed E-state index contributed by atoms with van der Waals surface area (Å²) in [6.07, 6.45) is 6.25. The summed E-state index contributed by atoms with van der Waals surface area (Å²) in [5.41, 5.74) is 0.992. The highest BCUT2D eigenvalue weighted by Gasteiger charge is 2.27. The van der Waals surface area contributed by atoms with Crippen LogP contribution in [0.25, 0.3) is 0 Å². The molecule has 860 valence electrons. The molecule has 0 amide bonds. The maximum atomic E-state index is 11.7. The lowest BCUT2D eigenvalue weighted by Gasteiger charge is -2.32. The van der Waals surface area contributed by atoms with Crippen LogP contribution >= 0.6 is 0 Å². The van der Waals surface area contributed by atoms with Crippen LogP contribution in [0.3, 0.4) is 0 Å². The van der Waals surface area contributed by atoms with E-state index in [-0.39, 0.29) is 80.1 Å². The number of alkyl halides is 2. The van der Waals surface area contributed by atoms with E-state index in [4.69, 9.17) is 75.1 Å². The third-order valence-electron chi connectivity index (χ3n) is 25.1. The van der Waals surface area contributed by atoms with E-state index in [2.05, 4.69) is 246 Å². The number of carbonyl (C=O) groups excluding carboxylic acids is 1. The Morgan fingerprint density at radius 1 is 0.393 bits per heavy atom. The first-order chi connectivity index (χ1) is 64.0. The summed E-state index contributed by atoms with van der Waals surface area (Å²) < 4.78 is 54.3. The predicted octanol–water partition coefficient (Wildman–Crippen LogP) is 24.8. The Bertz CT molecular complexity index is 2480. The Morgan fingerprint density at radius 2 is 0.771 bits per heavy atom. The first-order valence-corrected chi connectivity index (χ1v) is 55.7. The van der Waals surface area contributed by atoms with Crippen molar-refractivity contribution in [1.82, 2.24) is 4.90 Å². The fourth-order valence-corrected chi connectivity index (χ4v) is 13.7. The molecule has 140 heavy (non-hydrogen) atoms. The van der Waals surface area contributed by atoms with Crippen molar-refractivity contribution in [1.29, 1.82) is 0 Å². The molecule has 0 heterocycles. The Morgan fingerprint density at radius 3 is 0.900 bits per heavy atom. The zero-order valence-electron chi connectivity index (χ0n) is 102. The zero-order valence-corrected chi connectivity index (χ0v) is 103. The summed E-state index contributed by atoms with van der Waals surface area (Å²) in [5, 5.41) is 115. The van der Waals surface area contributed by atoms with Crippen LogP contribution in [0.1, 0.15) is 368 Å². The molecule has 0 fully saturated rings. The van der Waals surface area contributed by atoms with Gasteiger partial charge in [-0.15, -0.1) is 0 Å². The van der Waals surface area contributed by atoms with Gasteiger partial charge < -0.3 is 90.2 Å². The van der Waals surface area contributed by atoms with Crippen molar-refractivity contribution in [3.05, 3.63) is 35.9 Å². The maximum absolute atomic E-state index is 11.7. The number of hydrogen-bond acceptors (Lipinski definition) is 20. The van der Waals surface area contributed by atoms with Crippen molar-refractivity contribution in [3.8, 4) is 0 Å². The van der Waals surface area contributed by atoms with Crippen molar-refractivity contribution in [2.75, 3.05) is 153 Å². The van der Waals surface area contributed by atoms with Crippen LogP contribution in [0.5, 0.6) is 0 Å². The first-order valence-electron chi connectivity index (χ1n) is 54.0. The Labute approximate surface area is 872 Å². The minimum absolute atomic E-state index is 0.0648. The lowest BCUT2D eigenvalue weighted by atomic mass is 9.75. The van der Waals surface area contributed by atoms with Gasteiger partial charge in [0, 0.05) is 128 Å². The standard InChI is InChI=1S/C11H16O.C10H20O3S.2C9H20O.C8H19N.C8H18O2.3C8H18O.C7H16O2.C7H16O.C6H12F2.2C6H14O2.C6H14O/c1-9(2)11(8-12)10-6-4-3-5-7-10;1-8(2)10(5-6-14(4)12)7-13-9(3)11;1-7(2)8(6-10)9(3,4)5;1-7(2)5-9(6-10)8(3)4;1-7(2)8(3)6-9(4)5;1-7(2)8(5-9-3)6-10-4;1-6(2)8(5-9)7(3)4;1-6(2)5-8(9)7(3)4;1-5-8(6-9-4)7(2)3;1-5(2)6(3)7(9)4-8;1-6(2)5-7(3,4)8;2*1-5(2)6(3-7)4-8;1-5(2)3-6(8)4-7;1-5(2)6(3)4-7/h3-7,9,11-12H,8H2,1-2H3;8,10H,5-7H2,1-4H3;7-8,10H,6H2,1-5H3;7-10H,5-6H2,1-4H3;7-8H,6H2,1-5H3;7-8H,5-6H2,1-4H3;2*6-9H,5H2,1-4H3;7-8H,5-6H2,1-4H3;5-9H,4H2,1-3H3;6,8H,5H2,1-4H3;5-6H,3-4H2,1-2H3;2*5-8H,3-4H2,1-2H3;5-7H,4H2,1-3H3. The quantitative estimate of drug-likeness (QED) is 0.0270. The van der Waals surface area contributed by atoms with Crippen LogP contribution in [0.15, 0.2) is 30.3 Å². The second-order valence-corrected chi connectivity index (χ2v) is 48.9. The molecule has 23 heteroatoms. The second-order valence-electron chi connectivity index (χ2n) is 47.4. The van der Waals surface area contributed by atoms with Crippen molar-refractivity contribution < 1.29 is 103 Å². The predicted molar refractivity (Wildman–Crippen MR) is 604 cm³/mol. The van der Waals surface area contributed by atoms with Gasteiger partial charge in [-0.2, -0.15) is 0 Å². The molecule has 12 atom stereocenters. The molecule has 0 aliphatic heterocycles. The smallest absolute Gasteiger partial charge is 0.302 e. The number of esters is 1. The summed E-state index contributed by atoms with van der Waals surface area (Å²) in [7, 11) is 8.71. The molecule has 13 N–H and O–H groups in total. The van der Waals surface area contributed by atoms with Gasteiger partial charge in [0.2, 0.25) is 0 Å². The minimum Gasteiger partial charge on any atom is -0.466 e. The van der Waals surface area contributed by atoms with Crippen molar-refractivity contribution in [2.24, 2.45) is 177 Å². The molecule has 0 aliphatic rings. The van der Waals surface area contributed by atoms with Crippen LogP contribution in [0.4, 0.5) is 8.78 Å². The van der Waals surface area contributed by atoms with Gasteiger partial charge in [0.25, 0.3) is 0 Å². The molecular formula is C117H253F2NO19S. The average molecular weight is 2050 g/mol. The van der Waals surface area contributed by atoms with E-state index in [1.165, 1.54) is 25.5 Å². The van der Waals surface area contributed by atoms with E-state index in [0.717, 1.165) is 69.2 Å². The Balaban J connectivity index is -0.000000102. The highest BCUT2D eigenvalue weighted by Crippen LogP contribution is 2.32. The highest BCUT2D eigenvalue weighted by molar-refractivity contribution is 7.84. The van der Waals surface area contributed by atoms with Crippen LogP contribution in [-0.4, -0.2) is 259 Å². The lowest BCUT2D eigenvalue weighted by Crippen LogP contribution is -2.28. The molecule has 0 saturated carbocycles. The van der Waals surface area contributed by atoms with E-state index in [1.807, 2.05) is 115 Å². The molecule has 20 nitrogen and oxygen atoms in total. The number of benzene rings is 1. The SMILES string of the molecule is CC(=O)OCC(CCS(C)=O)C(C)C.CC(C)C(C)C(O)CO.CC(C)C(C)CN(C)C.CC(C)C(C)CO.CC(C)C(CF)CF.CC(C)C(CO)C(C)(C)C.CC(C)C(CO)C(C)C.CC(C)C(CO)CO.CC(C)C(CO)c1ccccc1.CC(C)CC(C)(C)O.CC(C)CC(CO)C(C)C.CC(C)CC(O)C(C)C.CC(C)CC(O)CO.CCC(COC)C(C)C.COCC(COC)C(C)C. The third-order valence-corrected chi connectivity index (χ3v) is 26.0. The highest BCUT2D eigenvalue weighted by atomic mass is 32.2. The molecule has 0 bridgehead atoms. The molecule has 1 aromatic carbocycles. The largest absolute Gasteiger partial charge is 0.466 e. The molecule has 12 unspecified atom stereocenters. The topological polar surface area (TPSA) is 337 Å². The summed E-state index contributed by atoms with van der Waals surface area (Å²) in [4.78, 5) is 12.9. The van der Waals surface area contributed by atoms with Crippen molar-refractivity contribution in [3.63, 3.8) is 0 Å². The number of methoxy groups -OCH3 is 3. The molecular weight excluding hydrogens is 1790 g/mol. The zero-order chi connectivity index (χ0) is 114. The molecule has 1 aromatic rings. The number of hydrogen-bond donors (Lipinski definition) is 13. The Kier molecular flexibility index (Phi) is 130. The van der Waals surface area contributed by atoms with Gasteiger partial charge in [0.05, 0.1) is 76.9 Å². The van der Waals surface area contributed by atoms with E-state index < -0.39 is 42.0 Å². The van der Waals surface area contributed by atoms with Crippen molar-refractivity contribution in [2.45, 2.75) is 387 Å². The number of aliphatic hydroxyl groups is 13. The van der Waals surface area contributed by atoms with Gasteiger partial charge in [-0.25, -0.2) is 0 Å². The number of nitrogens with zero attached hydrogens (tertiary/aromatic N) is 1. The van der Waals surface area contributed by atoms with Gasteiger partial charge in [0.1, 0.15) is 0 Å². The fraction of sp³-hybridized carbons (Fsp3) is 0.940. The van der Waals surface area contributed by atoms with E-state index in [1.54, 1.807) is 27.6 Å². The summed E-state index contributed by atoms with van der Waals surface area (Å²) in [6.45, 7) is 101. The lowest BCUT2D eigenvalue weighted by molar-refractivity contribution is -0.142. The van der Waals surface area contributed by atoms with Crippen LogP contribution in [0, 0.1) is 177 Å². The molecule has 1 rings (SSSR count). The second kappa shape index (κ2) is 108. The minimum atomic E-state index is -0.757. The average Bonchev–Trinajstić information content (AvgIpc) is 0.883. The number of ether oxygens (including phenoxy) is 4. The van der Waals surface area contributed by atoms with Gasteiger partial charge in [-0.05, 0) is 225 Å². The Hall–Kier alpha value is -1.98. The number of rotatable bonds is 49. The van der Waals surface area contributed by atoms with Crippen LogP contribution < -0.4 is 0 Å². The van der Waals surface area contributed by atoms with Gasteiger partial charge in [-0.3, -0.25) is 17.8 Å². The van der Waals surface area contributed by atoms with Crippen LogP contribution in [0.2, 0.25) is 0 Å². The first kappa shape index (κ1) is 168. The fourth-order valence-electron chi connectivity index (χ4n) is 13.1. The normalized spacial score (nSPS) is 14.0. The molecule has 0 aliphatic carbocycles. The number of halogens is 2. The van der Waals surface area contributed by atoms with E-state index >= 15 is 0 Å². The summed E-state index contributed by atoms with van der Waals surface area (Å²) >= 11 is 0. The number of carbonyl (C=O) groups is 1. The van der Waals surface area contributed by atoms with Crippen molar-refractivity contribution >= 4 is 16.8 Å².